The van der Waals surface area contributed by atoms with Crippen molar-refractivity contribution < 1.29 is 19.7 Å². The normalized spacial score (nSPS) is 14.2. The van der Waals surface area contributed by atoms with Crippen LogP contribution < -0.4 is 5.73 Å². The van der Waals surface area contributed by atoms with Crippen molar-refractivity contribution in [1.29, 1.82) is 0 Å². The summed E-state index contributed by atoms with van der Waals surface area (Å²) in [6.45, 7) is 1.77. The van der Waals surface area contributed by atoms with Gasteiger partial charge in [0.25, 0.3) is 0 Å². The zero-order chi connectivity index (χ0) is 12.3. The maximum atomic E-state index is 11.0. The molecule has 0 radical (unpaired) electrons. The summed E-state index contributed by atoms with van der Waals surface area (Å²) in [5.74, 6) is -0.895. The van der Waals surface area contributed by atoms with Crippen molar-refractivity contribution in [3.8, 4) is 0 Å². The van der Waals surface area contributed by atoms with Crippen molar-refractivity contribution >= 4 is 11.7 Å². The number of hydrogen-bond acceptors (Lipinski definition) is 5. The third kappa shape index (κ3) is 2.32. The lowest BCUT2D eigenvalue weighted by molar-refractivity contribution is -0.156. The Kier molecular flexibility index (Phi) is 3.87. The third-order valence-electron chi connectivity index (χ3n) is 2.42. The van der Waals surface area contributed by atoms with Crippen LogP contribution in [0.1, 0.15) is 17.2 Å². The van der Waals surface area contributed by atoms with E-state index < -0.39 is 18.2 Å². The van der Waals surface area contributed by atoms with E-state index in [2.05, 4.69) is 4.74 Å². The second-order valence-corrected chi connectivity index (χ2v) is 3.49. The molecule has 2 atom stereocenters. The van der Waals surface area contributed by atoms with E-state index in [1.54, 1.807) is 25.1 Å². The van der Waals surface area contributed by atoms with Gasteiger partial charge in [-0.2, -0.15) is 0 Å². The van der Waals surface area contributed by atoms with Gasteiger partial charge < -0.3 is 20.7 Å². The number of nitrogens with two attached hydrogens (primary N) is 1. The van der Waals surface area contributed by atoms with Crippen LogP contribution in [-0.2, 0) is 9.53 Å². The highest BCUT2D eigenvalue weighted by molar-refractivity contribution is 5.75. The lowest BCUT2D eigenvalue weighted by Gasteiger charge is -2.18. The molecule has 0 aliphatic rings. The van der Waals surface area contributed by atoms with Gasteiger partial charge in [0.1, 0.15) is 6.10 Å². The maximum absolute atomic E-state index is 11.0. The molecule has 0 spiro atoms. The van der Waals surface area contributed by atoms with E-state index in [0.29, 0.717) is 11.3 Å². The van der Waals surface area contributed by atoms with Crippen LogP contribution in [0.5, 0.6) is 0 Å². The number of carbonyl (C=O) groups excluding carboxylic acids is 1. The average molecular weight is 225 g/mol. The van der Waals surface area contributed by atoms with Crippen molar-refractivity contribution in [3.05, 3.63) is 29.3 Å². The number of aliphatic hydroxyl groups is 2. The number of carbonyl (C=O) groups is 1. The molecule has 4 N–H and O–H groups in total. The number of methoxy groups -OCH3 is 1. The molecule has 0 amide bonds. The maximum Gasteiger partial charge on any atom is 0.337 e. The lowest BCUT2D eigenvalue weighted by atomic mass is 10.00. The monoisotopic (exact) mass is 225 g/mol. The summed E-state index contributed by atoms with van der Waals surface area (Å²) in [5.41, 5.74) is 7.19. The van der Waals surface area contributed by atoms with Gasteiger partial charge in [-0.05, 0) is 12.5 Å². The molecule has 1 rings (SSSR count). The number of hydrogen-bond donors (Lipinski definition) is 3. The van der Waals surface area contributed by atoms with Crippen molar-refractivity contribution in [2.24, 2.45) is 0 Å². The minimum atomic E-state index is -1.63. The van der Waals surface area contributed by atoms with Crippen molar-refractivity contribution in [1.82, 2.24) is 0 Å². The van der Waals surface area contributed by atoms with Crippen LogP contribution in [0.3, 0.4) is 0 Å². The van der Waals surface area contributed by atoms with Crippen LogP contribution in [-0.4, -0.2) is 29.4 Å². The molecule has 0 aliphatic carbocycles. The predicted octanol–water partition coefficient (Wildman–Crippen LogP) is 0.145. The van der Waals surface area contributed by atoms with Gasteiger partial charge in [-0.15, -0.1) is 0 Å². The van der Waals surface area contributed by atoms with Gasteiger partial charge in [-0.25, -0.2) is 4.79 Å². The Balaban J connectivity index is 3.00. The van der Waals surface area contributed by atoms with Crippen molar-refractivity contribution in [2.45, 2.75) is 19.1 Å². The average Bonchev–Trinajstić information content (AvgIpc) is 2.29. The van der Waals surface area contributed by atoms with Crippen molar-refractivity contribution in [2.75, 3.05) is 12.8 Å². The zero-order valence-corrected chi connectivity index (χ0v) is 9.18. The molecule has 0 bridgehead atoms. The topological polar surface area (TPSA) is 92.8 Å². The van der Waals surface area contributed by atoms with Gasteiger partial charge >= 0.3 is 5.97 Å². The molecule has 5 heteroatoms. The molecule has 0 saturated heterocycles. The first-order valence-corrected chi connectivity index (χ1v) is 4.78. The van der Waals surface area contributed by atoms with E-state index in [0.717, 1.165) is 12.7 Å². The van der Waals surface area contributed by atoms with E-state index in [-0.39, 0.29) is 0 Å². The molecule has 0 aromatic heterocycles. The van der Waals surface area contributed by atoms with Crippen LogP contribution in [0, 0.1) is 6.92 Å². The molecule has 88 valence electrons. The third-order valence-corrected chi connectivity index (χ3v) is 2.42. The Morgan fingerprint density at radius 2 is 2.06 bits per heavy atom. The van der Waals surface area contributed by atoms with Crippen LogP contribution in [0.15, 0.2) is 18.2 Å². The van der Waals surface area contributed by atoms with Gasteiger partial charge in [0.2, 0.25) is 0 Å². The van der Waals surface area contributed by atoms with E-state index in [1.165, 1.54) is 0 Å². The lowest BCUT2D eigenvalue weighted by Crippen LogP contribution is -2.29. The Morgan fingerprint density at radius 1 is 1.44 bits per heavy atom. The Morgan fingerprint density at radius 3 is 2.62 bits per heavy atom. The second-order valence-electron chi connectivity index (χ2n) is 3.49. The van der Waals surface area contributed by atoms with Crippen LogP contribution in [0.4, 0.5) is 5.69 Å². The summed E-state index contributed by atoms with van der Waals surface area (Å²) < 4.78 is 4.33. The summed E-state index contributed by atoms with van der Waals surface area (Å²) in [6.07, 6.45) is -3.01. The van der Waals surface area contributed by atoms with Crippen LogP contribution in [0.2, 0.25) is 0 Å². The number of aliphatic hydroxyl groups excluding tert-OH is 2. The zero-order valence-electron chi connectivity index (χ0n) is 9.18. The van der Waals surface area contributed by atoms with Crippen LogP contribution in [0.25, 0.3) is 0 Å². The van der Waals surface area contributed by atoms with E-state index in [9.17, 15) is 15.0 Å². The van der Waals surface area contributed by atoms with Gasteiger partial charge in [-0.3, -0.25) is 0 Å². The van der Waals surface area contributed by atoms with Gasteiger partial charge in [0.05, 0.1) is 7.11 Å². The molecule has 5 nitrogen and oxygen atoms in total. The summed E-state index contributed by atoms with van der Waals surface area (Å²) in [5, 5.41) is 19.2. The van der Waals surface area contributed by atoms with E-state index >= 15 is 0 Å². The molecule has 0 heterocycles. The summed E-state index contributed by atoms with van der Waals surface area (Å²) in [7, 11) is 1.14. The Bertz CT molecular complexity index is 392. The largest absolute Gasteiger partial charge is 0.467 e. The molecule has 2 unspecified atom stereocenters. The van der Waals surface area contributed by atoms with Crippen molar-refractivity contribution in [3.63, 3.8) is 0 Å². The molecule has 1 aromatic rings. The number of rotatable bonds is 3. The minimum Gasteiger partial charge on any atom is -0.467 e. The highest BCUT2D eigenvalue weighted by atomic mass is 16.5. The number of aryl methyl sites for hydroxylation is 1. The highest BCUT2D eigenvalue weighted by Crippen LogP contribution is 2.26. The molecule has 0 saturated carbocycles. The number of esters is 1. The first-order valence-electron chi connectivity index (χ1n) is 4.78. The Hall–Kier alpha value is -1.59. The number of para-hydroxylation sites is 1. The molecule has 0 aliphatic heterocycles. The SMILES string of the molecule is COC(=O)C(O)C(O)c1cccc(C)c1N. The summed E-state index contributed by atoms with van der Waals surface area (Å²) >= 11 is 0. The molecular formula is C11H15NO4. The van der Waals surface area contributed by atoms with Gasteiger partial charge in [0, 0.05) is 11.3 Å². The van der Waals surface area contributed by atoms with Crippen LogP contribution >= 0.6 is 0 Å². The summed E-state index contributed by atoms with van der Waals surface area (Å²) in [6, 6.07) is 5.02. The molecular weight excluding hydrogens is 210 g/mol. The first-order chi connectivity index (χ1) is 7.49. The quantitative estimate of drug-likeness (QED) is 0.503. The van der Waals surface area contributed by atoms with Gasteiger partial charge in [0.15, 0.2) is 6.10 Å². The molecule has 16 heavy (non-hydrogen) atoms. The fraction of sp³-hybridized carbons (Fsp3) is 0.364. The smallest absolute Gasteiger partial charge is 0.337 e. The first kappa shape index (κ1) is 12.5. The number of nitrogen functional groups attached to an aromatic ring is 1. The van der Waals surface area contributed by atoms with E-state index in [1.807, 2.05) is 0 Å². The second kappa shape index (κ2) is 4.96. The standard InChI is InChI=1S/C11H15NO4/c1-6-4-3-5-7(8(6)12)9(13)10(14)11(15)16-2/h3-5,9-10,13-14H,12H2,1-2H3. The fourth-order valence-corrected chi connectivity index (χ4v) is 1.38. The molecule has 1 aromatic carbocycles. The number of benzene rings is 1. The minimum absolute atomic E-state index is 0.318. The van der Waals surface area contributed by atoms with Gasteiger partial charge in [-0.1, -0.05) is 18.2 Å². The Labute approximate surface area is 93.5 Å². The fourth-order valence-electron chi connectivity index (χ4n) is 1.38. The molecule has 0 fully saturated rings. The highest BCUT2D eigenvalue weighted by Gasteiger charge is 2.27. The van der Waals surface area contributed by atoms with E-state index in [4.69, 9.17) is 5.73 Å². The number of anilines is 1. The summed E-state index contributed by atoms with van der Waals surface area (Å²) in [4.78, 5) is 11.0. The number of ether oxygens (including phenoxy) is 1. The predicted molar refractivity (Wildman–Crippen MR) is 58.6 cm³/mol.